The number of hydrogen-bond donors (Lipinski definition) is 2. The minimum Gasteiger partial charge on any atom is -0.351 e. The number of aromatic nitrogens is 2. The average molecular weight is 417 g/mol. The number of para-hydroxylation sites is 1. The number of nitrogens with two attached hydrogens (primary N) is 1. The van der Waals surface area contributed by atoms with Gasteiger partial charge in [0.15, 0.2) is 5.16 Å². The summed E-state index contributed by atoms with van der Waals surface area (Å²) in [6.07, 6.45) is 3.58. The number of primary sulfonamides is 1. The third-order valence-electron chi connectivity index (χ3n) is 4.06. The molecule has 0 spiro atoms. The second kappa shape index (κ2) is 8.59. The van der Waals surface area contributed by atoms with E-state index in [9.17, 15) is 13.2 Å². The fourth-order valence-corrected chi connectivity index (χ4v) is 3.90. The van der Waals surface area contributed by atoms with E-state index in [4.69, 9.17) is 5.14 Å². The number of aryl methyl sites for hydroxylation is 1. The summed E-state index contributed by atoms with van der Waals surface area (Å²) in [6.45, 7) is 2.33. The molecule has 9 heteroatoms. The number of nitrogens with zero attached hydrogens (tertiary/aromatic N) is 2. The zero-order valence-electron chi connectivity index (χ0n) is 15.2. The zero-order valence-corrected chi connectivity index (χ0v) is 16.8. The largest absolute Gasteiger partial charge is 0.351 e. The molecule has 0 aliphatic heterocycles. The molecule has 2 aromatic carbocycles. The van der Waals surface area contributed by atoms with Crippen LogP contribution in [-0.2, 0) is 21.4 Å². The van der Waals surface area contributed by atoms with Crippen molar-refractivity contribution in [2.45, 2.75) is 23.5 Å². The highest BCUT2D eigenvalue weighted by atomic mass is 32.2. The van der Waals surface area contributed by atoms with Crippen LogP contribution in [0, 0.1) is 6.92 Å². The van der Waals surface area contributed by atoms with Gasteiger partial charge in [-0.1, -0.05) is 42.1 Å². The Morgan fingerprint density at radius 2 is 1.89 bits per heavy atom. The number of carbonyl (C=O) groups excluding carboxylic acids is 1. The summed E-state index contributed by atoms with van der Waals surface area (Å²) in [5.74, 6) is 0.0814. The first kappa shape index (κ1) is 20.1. The zero-order chi connectivity index (χ0) is 20.1. The molecule has 0 aliphatic carbocycles. The first-order valence-electron chi connectivity index (χ1n) is 8.45. The van der Waals surface area contributed by atoms with E-state index in [1.807, 2.05) is 42.0 Å². The Balaban J connectivity index is 1.56. The van der Waals surface area contributed by atoms with E-state index >= 15 is 0 Å². The lowest BCUT2D eigenvalue weighted by atomic mass is 10.2. The Labute approximate surface area is 168 Å². The SMILES string of the molecule is Cc1ccccc1-n1ccnc1SCC(=O)NCc1ccc(S(N)(=O)=O)cc1. The Morgan fingerprint density at radius 1 is 1.18 bits per heavy atom. The van der Waals surface area contributed by atoms with Gasteiger partial charge in [-0.2, -0.15) is 0 Å². The molecule has 1 aromatic heterocycles. The highest BCUT2D eigenvalue weighted by Gasteiger charge is 2.11. The third kappa shape index (κ3) is 5.00. The Hall–Kier alpha value is -2.62. The number of hydrogen-bond acceptors (Lipinski definition) is 5. The molecule has 0 bridgehead atoms. The van der Waals surface area contributed by atoms with Crippen LogP contribution < -0.4 is 10.5 Å². The summed E-state index contributed by atoms with van der Waals surface area (Å²) < 4.78 is 24.5. The molecule has 1 heterocycles. The number of benzene rings is 2. The highest BCUT2D eigenvalue weighted by molar-refractivity contribution is 7.99. The summed E-state index contributed by atoms with van der Waals surface area (Å²) in [4.78, 5) is 16.5. The standard InChI is InChI=1S/C19H20N4O3S2/c1-14-4-2-3-5-17(14)23-11-10-21-19(23)27-13-18(24)22-12-15-6-8-16(9-7-15)28(20,25)26/h2-11H,12-13H2,1H3,(H,22,24)(H2,20,25,26). The van der Waals surface area contributed by atoms with E-state index in [0.29, 0.717) is 6.54 Å². The van der Waals surface area contributed by atoms with Crippen LogP contribution in [0.5, 0.6) is 0 Å². The number of rotatable bonds is 7. The fraction of sp³-hybridized carbons (Fsp3) is 0.158. The molecule has 3 rings (SSSR count). The first-order valence-corrected chi connectivity index (χ1v) is 11.0. The molecule has 146 valence electrons. The van der Waals surface area contributed by atoms with Crippen LogP contribution in [0.15, 0.2) is 71.0 Å². The van der Waals surface area contributed by atoms with Crippen LogP contribution in [-0.4, -0.2) is 29.6 Å². The molecule has 0 unspecified atom stereocenters. The van der Waals surface area contributed by atoms with Crippen LogP contribution in [0.2, 0.25) is 0 Å². The Kier molecular flexibility index (Phi) is 6.18. The molecule has 0 atom stereocenters. The van der Waals surface area contributed by atoms with Gasteiger partial charge in [-0.05, 0) is 36.2 Å². The van der Waals surface area contributed by atoms with Gasteiger partial charge < -0.3 is 5.32 Å². The first-order chi connectivity index (χ1) is 13.3. The maximum atomic E-state index is 12.2. The second-order valence-corrected chi connectivity index (χ2v) is 8.62. The maximum Gasteiger partial charge on any atom is 0.238 e. The van der Waals surface area contributed by atoms with Crippen molar-refractivity contribution < 1.29 is 13.2 Å². The van der Waals surface area contributed by atoms with Crippen LogP contribution in [0.4, 0.5) is 0 Å². The summed E-state index contributed by atoms with van der Waals surface area (Å²) >= 11 is 1.35. The molecule has 1 amide bonds. The van der Waals surface area contributed by atoms with E-state index in [1.54, 1.807) is 18.3 Å². The van der Waals surface area contributed by atoms with Crippen molar-refractivity contribution in [2.75, 3.05) is 5.75 Å². The van der Waals surface area contributed by atoms with Crippen molar-refractivity contribution in [1.29, 1.82) is 0 Å². The quantitative estimate of drug-likeness (QED) is 0.575. The lowest BCUT2D eigenvalue weighted by Crippen LogP contribution is -2.24. The predicted molar refractivity (Wildman–Crippen MR) is 109 cm³/mol. The molecule has 28 heavy (non-hydrogen) atoms. The van der Waals surface area contributed by atoms with Gasteiger partial charge in [-0.3, -0.25) is 9.36 Å². The number of sulfonamides is 1. The molecular weight excluding hydrogens is 396 g/mol. The molecule has 0 fully saturated rings. The molecule has 0 aliphatic rings. The highest BCUT2D eigenvalue weighted by Crippen LogP contribution is 2.22. The molecule has 3 aromatic rings. The Bertz CT molecular complexity index is 1080. The number of thioether (sulfide) groups is 1. The van der Waals surface area contributed by atoms with Gasteiger partial charge in [0, 0.05) is 18.9 Å². The predicted octanol–water partition coefficient (Wildman–Crippen LogP) is 2.24. The minimum atomic E-state index is -3.71. The van der Waals surface area contributed by atoms with Crippen molar-refractivity contribution in [3.63, 3.8) is 0 Å². The maximum absolute atomic E-state index is 12.2. The number of carbonyl (C=O) groups is 1. The van der Waals surface area contributed by atoms with E-state index in [2.05, 4.69) is 10.3 Å². The van der Waals surface area contributed by atoms with Crippen LogP contribution in [0.25, 0.3) is 5.69 Å². The molecule has 3 N–H and O–H groups in total. The summed E-state index contributed by atoms with van der Waals surface area (Å²) in [7, 11) is -3.71. The lowest BCUT2D eigenvalue weighted by molar-refractivity contribution is -0.118. The number of imidazole rings is 1. The Morgan fingerprint density at radius 3 is 2.57 bits per heavy atom. The molecular formula is C19H20N4O3S2. The van der Waals surface area contributed by atoms with Crippen molar-refractivity contribution in [1.82, 2.24) is 14.9 Å². The lowest BCUT2D eigenvalue weighted by Gasteiger charge is -2.10. The minimum absolute atomic E-state index is 0.0428. The number of nitrogens with one attached hydrogen (secondary N) is 1. The van der Waals surface area contributed by atoms with Gasteiger partial charge in [0.05, 0.1) is 16.3 Å². The van der Waals surface area contributed by atoms with Crippen molar-refractivity contribution in [2.24, 2.45) is 5.14 Å². The van der Waals surface area contributed by atoms with Gasteiger partial charge in [0.1, 0.15) is 0 Å². The number of amides is 1. The van der Waals surface area contributed by atoms with E-state index < -0.39 is 10.0 Å². The van der Waals surface area contributed by atoms with Crippen LogP contribution >= 0.6 is 11.8 Å². The normalized spacial score (nSPS) is 11.4. The van der Waals surface area contributed by atoms with E-state index in [1.165, 1.54) is 23.9 Å². The van der Waals surface area contributed by atoms with Gasteiger partial charge in [-0.25, -0.2) is 18.5 Å². The van der Waals surface area contributed by atoms with Crippen LogP contribution in [0.1, 0.15) is 11.1 Å². The summed E-state index contributed by atoms with van der Waals surface area (Å²) in [5.41, 5.74) is 2.93. The third-order valence-corrected chi connectivity index (χ3v) is 5.95. The fourth-order valence-electron chi connectivity index (χ4n) is 2.59. The smallest absolute Gasteiger partial charge is 0.238 e. The van der Waals surface area contributed by atoms with Crippen molar-refractivity contribution >= 4 is 27.7 Å². The van der Waals surface area contributed by atoms with E-state index in [-0.39, 0.29) is 16.6 Å². The summed E-state index contributed by atoms with van der Waals surface area (Å²) in [5, 5.41) is 8.62. The molecule has 7 nitrogen and oxygen atoms in total. The van der Waals surface area contributed by atoms with Crippen molar-refractivity contribution in [3.8, 4) is 5.69 Å². The van der Waals surface area contributed by atoms with Gasteiger partial charge >= 0.3 is 0 Å². The monoisotopic (exact) mass is 416 g/mol. The molecule has 0 saturated carbocycles. The van der Waals surface area contributed by atoms with Crippen LogP contribution in [0.3, 0.4) is 0 Å². The molecule has 0 saturated heterocycles. The van der Waals surface area contributed by atoms with Gasteiger partial charge in [0.2, 0.25) is 15.9 Å². The van der Waals surface area contributed by atoms with E-state index in [0.717, 1.165) is 22.0 Å². The topological polar surface area (TPSA) is 107 Å². The average Bonchev–Trinajstić information content (AvgIpc) is 3.13. The van der Waals surface area contributed by atoms with Crippen molar-refractivity contribution in [3.05, 3.63) is 72.1 Å². The van der Waals surface area contributed by atoms with Gasteiger partial charge in [0.25, 0.3) is 0 Å². The molecule has 0 radical (unpaired) electrons. The van der Waals surface area contributed by atoms with Gasteiger partial charge in [-0.15, -0.1) is 0 Å². The second-order valence-electron chi connectivity index (χ2n) is 6.12. The summed E-state index contributed by atoms with van der Waals surface area (Å²) in [6, 6.07) is 14.1.